The highest BCUT2D eigenvalue weighted by atomic mass is 16.5. The summed E-state index contributed by atoms with van der Waals surface area (Å²) < 4.78 is 11.4. The first kappa shape index (κ1) is 26.2. The van der Waals surface area contributed by atoms with E-state index in [1.165, 1.54) is 35.0 Å². The van der Waals surface area contributed by atoms with E-state index in [9.17, 15) is 19.2 Å². The Labute approximate surface area is 207 Å². The SMILES string of the molecule is COCCCN(C(=O)CCNC(=O)/C=C/c1ccco1)c1c(N)n(Cc2ccccc2)c(=O)[nH]c1=O. The zero-order valence-electron chi connectivity index (χ0n) is 19.9. The summed E-state index contributed by atoms with van der Waals surface area (Å²) in [6, 6.07) is 12.5. The summed E-state index contributed by atoms with van der Waals surface area (Å²) in [4.78, 5) is 53.9. The lowest BCUT2D eigenvalue weighted by Crippen LogP contribution is -2.42. The van der Waals surface area contributed by atoms with Crippen molar-refractivity contribution in [2.24, 2.45) is 0 Å². The van der Waals surface area contributed by atoms with Gasteiger partial charge in [0.15, 0.2) is 5.69 Å². The van der Waals surface area contributed by atoms with Gasteiger partial charge in [0.05, 0.1) is 12.8 Å². The molecule has 3 aromatic rings. The van der Waals surface area contributed by atoms with Gasteiger partial charge in [-0.2, -0.15) is 0 Å². The molecule has 0 saturated heterocycles. The number of aromatic amines is 1. The van der Waals surface area contributed by atoms with Crippen molar-refractivity contribution in [2.45, 2.75) is 19.4 Å². The number of benzene rings is 1. The molecular formula is C25H29N5O6. The van der Waals surface area contributed by atoms with Gasteiger partial charge in [-0.25, -0.2) is 4.79 Å². The fourth-order valence-corrected chi connectivity index (χ4v) is 3.52. The minimum atomic E-state index is -0.766. The van der Waals surface area contributed by atoms with E-state index < -0.39 is 23.1 Å². The van der Waals surface area contributed by atoms with E-state index in [-0.39, 0.29) is 37.6 Å². The number of nitrogens with two attached hydrogens (primary N) is 1. The number of furan rings is 1. The summed E-state index contributed by atoms with van der Waals surface area (Å²) in [5.41, 5.74) is 5.51. The Bertz CT molecular complexity index is 1290. The number of amides is 2. The lowest BCUT2D eigenvalue weighted by atomic mass is 10.2. The maximum atomic E-state index is 13.1. The molecule has 0 atom stereocenters. The number of rotatable bonds is 12. The molecule has 0 bridgehead atoms. The zero-order chi connectivity index (χ0) is 25.9. The number of anilines is 2. The van der Waals surface area contributed by atoms with Crippen LogP contribution in [-0.2, 0) is 20.9 Å². The Hall–Kier alpha value is -4.38. The number of hydrogen-bond donors (Lipinski definition) is 3. The van der Waals surface area contributed by atoms with E-state index in [1.54, 1.807) is 12.1 Å². The minimum Gasteiger partial charge on any atom is -0.465 e. The average Bonchev–Trinajstić information content (AvgIpc) is 3.39. The molecule has 2 heterocycles. The molecule has 11 heteroatoms. The van der Waals surface area contributed by atoms with Crippen LogP contribution in [0.4, 0.5) is 11.5 Å². The molecule has 0 unspecified atom stereocenters. The molecule has 4 N–H and O–H groups in total. The number of nitrogens with zero attached hydrogens (tertiary/aromatic N) is 2. The summed E-state index contributed by atoms with van der Waals surface area (Å²) in [6.07, 6.45) is 4.62. The quantitative estimate of drug-likeness (QED) is 0.253. The Balaban J connectivity index is 1.78. The van der Waals surface area contributed by atoms with Crippen LogP contribution in [0.25, 0.3) is 6.08 Å². The molecular weight excluding hydrogens is 466 g/mol. The molecule has 2 amide bonds. The molecule has 0 aliphatic carbocycles. The Morgan fingerprint density at radius 2 is 1.97 bits per heavy atom. The van der Waals surface area contributed by atoms with Crippen molar-refractivity contribution in [3.63, 3.8) is 0 Å². The topological polar surface area (TPSA) is 153 Å². The second kappa shape index (κ2) is 12.9. The van der Waals surface area contributed by atoms with E-state index in [0.29, 0.717) is 18.8 Å². The van der Waals surface area contributed by atoms with Crippen molar-refractivity contribution in [3.05, 3.63) is 87.0 Å². The van der Waals surface area contributed by atoms with Gasteiger partial charge in [0.2, 0.25) is 11.8 Å². The molecule has 1 aromatic carbocycles. The predicted octanol–water partition coefficient (Wildman–Crippen LogP) is 1.35. The number of ether oxygens (including phenoxy) is 1. The summed E-state index contributed by atoms with van der Waals surface area (Å²) in [5, 5.41) is 2.62. The number of methoxy groups -OCH3 is 1. The fraction of sp³-hybridized carbons (Fsp3) is 0.280. The van der Waals surface area contributed by atoms with Crippen LogP contribution >= 0.6 is 0 Å². The van der Waals surface area contributed by atoms with Gasteiger partial charge < -0.3 is 25.1 Å². The van der Waals surface area contributed by atoms with Gasteiger partial charge >= 0.3 is 5.69 Å². The largest absolute Gasteiger partial charge is 0.465 e. The van der Waals surface area contributed by atoms with Gasteiger partial charge in [-0.05, 0) is 30.2 Å². The van der Waals surface area contributed by atoms with Crippen LogP contribution in [0.3, 0.4) is 0 Å². The first-order chi connectivity index (χ1) is 17.4. The summed E-state index contributed by atoms with van der Waals surface area (Å²) in [7, 11) is 1.53. The molecule has 0 aliphatic rings. The van der Waals surface area contributed by atoms with Gasteiger partial charge in [-0.15, -0.1) is 0 Å². The van der Waals surface area contributed by atoms with Crippen molar-refractivity contribution in [1.82, 2.24) is 14.9 Å². The second-order valence-corrected chi connectivity index (χ2v) is 7.85. The molecule has 0 aliphatic heterocycles. The molecule has 0 saturated carbocycles. The highest BCUT2D eigenvalue weighted by Gasteiger charge is 2.24. The zero-order valence-corrected chi connectivity index (χ0v) is 19.9. The van der Waals surface area contributed by atoms with E-state index >= 15 is 0 Å². The Morgan fingerprint density at radius 1 is 1.19 bits per heavy atom. The summed E-state index contributed by atoms with van der Waals surface area (Å²) in [6.45, 7) is 0.630. The third kappa shape index (κ3) is 7.06. The van der Waals surface area contributed by atoms with Crippen LogP contribution in [0.2, 0.25) is 0 Å². The first-order valence-corrected chi connectivity index (χ1v) is 11.4. The molecule has 0 fully saturated rings. The number of carbonyl (C=O) groups is 2. The Kier molecular flexibility index (Phi) is 9.40. The van der Waals surface area contributed by atoms with Crippen LogP contribution in [0.15, 0.2) is 68.8 Å². The lowest BCUT2D eigenvalue weighted by molar-refractivity contribution is -0.119. The molecule has 190 valence electrons. The fourth-order valence-electron chi connectivity index (χ4n) is 3.52. The number of aromatic nitrogens is 2. The maximum absolute atomic E-state index is 13.1. The minimum absolute atomic E-state index is 0.0302. The van der Waals surface area contributed by atoms with Crippen LogP contribution in [0.5, 0.6) is 0 Å². The maximum Gasteiger partial charge on any atom is 0.330 e. The van der Waals surface area contributed by atoms with Crippen LogP contribution in [0.1, 0.15) is 24.2 Å². The van der Waals surface area contributed by atoms with Crippen molar-refractivity contribution in [3.8, 4) is 0 Å². The molecule has 3 rings (SSSR count). The van der Waals surface area contributed by atoms with Crippen LogP contribution < -0.4 is 27.2 Å². The van der Waals surface area contributed by atoms with Crippen molar-refractivity contribution in [1.29, 1.82) is 0 Å². The Morgan fingerprint density at radius 3 is 2.67 bits per heavy atom. The second-order valence-electron chi connectivity index (χ2n) is 7.85. The molecule has 0 radical (unpaired) electrons. The standard InChI is InChI=1S/C25H29N5O6/c1-35-15-6-14-29(21(32)12-13-27-20(31)11-10-19-9-5-16-36-19)22-23(26)30(25(34)28-24(22)33)17-18-7-3-2-4-8-18/h2-5,7-11,16H,6,12-15,17,26H2,1H3,(H,27,31)(H,28,33,34)/b11-10+. The summed E-state index contributed by atoms with van der Waals surface area (Å²) in [5.74, 6) is -0.447. The average molecular weight is 496 g/mol. The third-order valence-electron chi connectivity index (χ3n) is 5.28. The van der Waals surface area contributed by atoms with E-state index in [4.69, 9.17) is 14.9 Å². The van der Waals surface area contributed by atoms with Crippen molar-refractivity contribution >= 4 is 29.4 Å². The highest BCUT2D eigenvalue weighted by Crippen LogP contribution is 2.19. The van der Waals surface area contributed by atoms with Gasteiger partial charge in [-0.1, -0.05) is 30.3 Å². The monoisotopic (exact) mass is 495 g/mol. The van der Waals surface area contributed by atoms with Gasteiger partial charge in [0.25, 0.3) is 5.56 Å². The number of nitrogen functional groups attached to an aromatic ring is 1. The number of H-pyrrole nitrogens is 1. The van der Waals surface area contributed by atoms with Gasteiger partial charge in [0, 0.05) is 39.3 Å². The number of hydrogen-bond acceptors (Lipinski definition) is 7. The number of carbonyl (C=O) groups excluding carboxylic acids is 2. The van der Waals surface area contributed by atoms with E-state index in [0.717, 1.165) is 5.56 Å². The summed E-state index contributed by atoms with van der Waals surface area (Å²) >= 11 is 0. The van der Waals surface area contributed by atoms with Crippen LogP contribution in [-0.4, -0.2) is 48.2 Å². The predicted molar refractivity (Wildman–Crippen MR) is 135 cm³/mol. The smallest absolute Gasteiger partial charge is 0.330 e. The van der Waals surface area contributed by atoms with Crippen molar-refractivity contribution < 1.29 is 18.7 Å². The normalized spacial score (nSPS) is 11.0. The highest BCUT2D eigenvalue weighted by molar-refractivity contribution is 5.96. The van der Waals surface area contributed by atoms with Gasteiger partial charge in [0.1, 0.15) is 11.6 Å². The number of nitrogens with one attached hydrogen (secondary N) is 2. The molecule has 36 heavy (non-hydrogen) atoms. The van der Waals surface area contributed by atoms with Crippen molar-refractivity contribution in [2.75, 3.05) is 37.4 Å². The van der Waals surface area contributed by atoms with Gasteiger partial charge in [-0.3, -0.25) is 23.9 Å². The molecule has 0 spiro atoms. The first-order valence-electron chi connectivity index (χ1n) is 11.4. The van der Waals surface area contributed by atoms with E-state index in [1.807, 2.05) is 30.3 Å². The molecule has 11 nitrogen and oxygen atoms in total. The van der Waals surface area contributed by atoms with Crippen LogP contribution in [0, 0.1) is 0 Å². The third-order valence-corrected chi connectivity index (χ3v) is 5.28. The molecule has 2 aromatic heterocycles. The lowest BCUT2D eigenvalue weighted by Gasteiger charge is -2.24. The van der Waals surface area contributed by atoms with E-state index in [2.05, 4.69) is 10.3 Å².